The lowest BCUT2D eigenvalue weighted by Gasteiger charge is -2.19. The van der Waals surface area contributed by atoms with E-state index in [1.165, 1.54) is 0 Å². The molecule has 0 aliphatic rings. The maximum Gasteiger partial charge on any atom is 0.332 e. The Labute approximate surface area is 113 Å². The molecule has 0 aromatic carbocycles. The molecule has 0 fully saturated rings. The number of aliphatic carboxylic acids is 1. The Morgan fingerprint density at radius 2 is 1.84 bits per heavy atom. The van der Waals surface area contributed by atoms with E-state index in [1.54, 1.807) is 27.9 Å². The summed E-state index contributed by atoms with van der Waals surface area (Å²) in [4.78, 5) is 22.6. The molecule has 6 heteroatoms. The van der Waals surface area contributed by atoms with Gasteiger partial charge in [-0.05, 0) is 5.41 Å². The fourth-order valence-corrected chi connectivity index (χ4v) is 1.27. The molecule has 0 aromatic heterocycles. The maximum absolute atomic E-state index is 11.6. The van der Waals surface area contributed by atoms with Crippen LogP contribution in [0.1, 0.15) is 20.8 Å². The van der Waals surface area contributed by atoms with Crippen molar-refractivity contribution in [1.29, 1.82) is 0 Å². The Hall–Kier alpha value is -1.40. The first kappa shape index (κ1) is 17.6. The lowest BCUT2D eigenvalue weighted by Crippen LogP contribution is -2.28. The summed E-state index contributed by atoms with van der Waals surface area (Å²) in [6.45, 7) is 6.89. The molecular formula is C13H23NO5. The van der Waals surface area contributed by atoms with Gasteiger partial charge in [0.1, 0.15) is 0 Å². The van der Waals surface area contributed by atoms with E-state index in [0.29, 0.717) is 26.4 Å². The molecule has 110 valence electrons. The molecule has 0 spiro atoms. The third-order valence-corrected chi connectivity index (χ3v) is 2.29. The largest absolute Gasteiger partial charge is 0.478 e. The normalized spacial score (nSPS) is 12.3. The van der Waals surface area contributed by atoms with E-state index in [2.05, 4.69) is 5.32 Å². The number of carboxylic acids is 1. The predicted octanol–water partition coefficient (Wildman–Crippen LogP) is 0.823. The first-order chi connectivity index (χ1) is 8.79. The highest BCUT2D eigenvalue weighted by molar-refractivity contribution is 5.98. The van der Waals surface area contributed by atoms with Gasteiger partial charge in [-0.2, -0.15) is 0 Å². The Bertz CT molecular complexity index is 330. The lowest BCUT2D eigenvalue weighted by atomic mass is 9.86. The Balaban J connectivity index is 4.16. The monoisotopic (exact) mass is 273 g/mol. The van der Waals surface area contributed by atoms with Gasteiger partial charge in [-0.15, -0.1) is 0 Å². The fraction of sp³-hybridized carbons (Fsp3) is 0.692. The van der Waals surface area contributed by atoms with Crippen LogP contribution >= 0.6 is 0 Å². The quantitative estimate of drug-likeness (QED) is 0.505. The highest BCUT2D eigenvalue weighted by Crippen LogP contribution is 2.24. The molecule has 0 saturated carbocycles. The van der Waals surface area contributed by atoms with Crippen LogP contribution in [0.2, 0.25) is 0 Å². The SMILES string of the molecule is COCCOCCNC(=O)/C=C(/C(=O)O)C(C)(C)C. The highest BCUT2D eigenvalue weighted by atomic mass is 16.5. The molecule has 0 aliphatic heterocycles. The molecule has 6 nitrogen and oxygen atoms in total. The molecule has 0 saturated heterocycles. The van der Waals surface area contributed by atoms with E-state index in [-0.39, 0.29) is 5.57 Å². The molecule has 0 unspecified atom stereocenters. The lowest BCUT2D eigenvalue weighted by molar-refractivity contribution is -0.134. The van der Waals surface area contributed by atoms with Crippen molar-refractivity contribution in [3.8, 4) is 0 Å². The van der Waals surface area contributed by atoms with E-state index >= 15 is 0 Å². The van der Waals surface area contributed by atoms with Gasteiger partial charge >= 0.3 is 5.97 Å². The summed E-state index contributed by atoms with van der Waals surface area (Å²) < 4.78 is 9.97. The topological polar surface area (TPSA) is 84.9 Å². The number of hydrogen-bond donors (Lipinski definition) is 2. The van der Waals surface area contributed by atoms with E-state index < -0.39 is 17.3 Å². The van der Waals surface area contributed by atoms with Crippen LogP contribution in [0.3, 0.4) is 0 Å². The van der Waals surface area contributed by atoms with Crippen LogP contribution in [0.15, 0.2) is 11.6 Å². The number of amides is 1. The second kappa shape index (κ2) is 8.66. The second-order valence-corrected chi connectivity index (χ2v) is 5.01. The van der Waals surface area contributed by atoms with Gasteiger partial charge in [-0.3, -0.25) is 4.79 Å². The molecule has 0 aromatic rings. The minimum Gasteiger partial charge on any atom is -0.478 e. The van der Waals surface area contributed by atoms with E-state index in [1.807, 2.05) is 0 Å². The summed E-state index contributed by atoms with van der Waals surface area (Å²) in [5.74, 6) is -1.51. The number of carbonyl (C=O) groups excluding carboxylic acids is 1. The number of carboxylic acid groups (broad SMARTS) is 1. The molecule has 0 radical (unpaired) electrons. The summed E-state index contributed by atoms with van der Waals surface area (Å²) in [5, 5.41) is 11.6. The van der Waals surface area contributed by atoms with Crippen LogP contribution < -0.4 is 5.32 Å². The smallest absolute Gasteiger partial charge is 0.332 e. The standard InChI is InChI=1S/C13H23NO5/c1-13(2,3)10(12(16)17)9-11(15)14-5-6-19-8-7-18-4/h9H,5-8H2,1-4H3,(H,14,15)(H,16,17)/b10-9-. The van der Waals surface area contributed by atoms with Crippen LogP contribution in [-0.2, 0) is 19.1 Å². The van der Waals surface area contributed by atoms with Gasteiger partial charge in [0.25, 0.3) is 0 Å². The van der Waals surface area contributed by atoms with Crippen LogP contribution in [0, 0.1) is 5.41 Å². The Morgan fingerprint density at radius 3 is 2.32 bits per heavy atom. The second-order valence-electron chi connectivity index (χ2n) is 5.01. The number of ether oxygens (including phenoxy) is 2. The molecule has 19 heavy (non-hydrogen) atoms. The first-order valence-electron chi connectivity index (χ1n) is 6.09. The molecule has 0 atom stereocenters. The summed E-state index contributed by atoms with van der Waals surface area (Å²) >= 11 is 0. The summed E-state index contributed by atoms with van der Waals surface area (Å²) in [6, 6.07) is 0. The van der Waals surface area contributed by atoms with E-state index in [4.69, 9.17) is 14.6 Å². The van der Waals surface area contributed by atoms with Crippen LogP contribution in [0.4, 0.5) is 0 Å². The van der Waals surface area contributed by atoms with Gasteiger partial charge < -0.3 is 19.9 Å². The number of hydrogen-bond acceptors (Lipinski definition) is 4. The maximum atomic E-state index is 11.6. The van der Waals surface area contributed by atoms with Crippen molar-refractivity contribution in [2.75, 3.05) is 33.5 Å². The highest BCUT2D eigenvalue weighted by Gasteiger charge is 2.24. The zero-order valence-electron chi connectivity index (χ0n) is 12.0. The molecule has 0 bridgehead atoms. The predicted molar refractivity (Wildman–Crippen MR) is 70.9 cm³/mol. The Kier molecular flexibility index (Phi) is 8.02. The number of carbonyl (C=O) groups is 2. The third kappa shape index (κ3) is 8.34. The molecular weight excluding hydrogens is 250 g/mol. The fourth-order valence-electron chi connectivity index (χ4n) is 1.27. The van der Waals surface area contributed by atoms with Gasteiger partial charge in [0.05, 0.1) is 19.8 Å². The zero-order valence-corrected chi connectivity index (χ0v) is 12.0. The molecule has 0 aliphatic carbocycles. The average Bonchev–Trinajstić information content (AvgIpc) is 2.28. The summed E-state index contributed by atoms with van der Waals surface area (Å²) in [5.41, 5.74) is -0.511. The minimum atomic E-state index is -1.08. The van der Waals surface area contributed by atoms with Gasteiger partial charge in [0, 0.05) is 25.3 Å². The number of methoxy groups -OCH3 is 1. The van der Waals surface area contributed by atoms with Gasteiger partial charge in [0.15, 0.2) is 0 Å². The number of rotatable bonds is 8. The van der Waals surface area contributed by atoms with Gasteiger partial charge in [0.2, 0.25) is 5.91 Å². The van der Waals surface area contributed by atoms with Crippen molar-refractivity contribution in [3.63, 3.8) is 0 Å². The van der Waals surface area contributed by atoms with Crippen molar-refractivity contribution in [2.45, 2.75) is 20.8 Å². The average molecular weight is 273 g/mol. The van der Waals surface area contributed by atoms with Crippen molar-refractivity contribution in [1.82, 2.24) is 5.32 Å². The van der Waals surface area contributed by atoms with Crippen LogP contribution in [0.5, 0.6) is 0 Å². The molecule has 2 N–H and O–H groups in total. The van der Waals surface area contributed by atoms with Crippen LogP contribution in [0.25, 0.3) is 0 Å². The van der Waals surface area contributed by atoms with E-state index in [0.717, 1.165) is 6.08 Å². The van der Waals surface area contributed by atoms with Crippen molar-refractivity contribution < 1.29 is 24.2 Å². The summed E-state index contributed by atoms with van der Waals surface area (Å²) in [7, 11) is 1.58. The Morgan fingerprint density at radius 1 is 1.21 bits per heavy atom. The molecule has 0 rings (SSSR count). The first-order valence-corrected chi connectivity index (χ1v) is 6.09. The summed E-state index contributed by atoms with van der Waals surface area (Å²) in [6.07, 6.45) is 1.12. The van der Waals surface area contributed by atoms with Crippen LogP contribution in [-0.4, -0.2) is 50.5 Å². The molecule has 1 amide bonds. The van der Waals surface area contributed by atoms with Gasteiger partial charge in [-0.1, -0.05) is 20.8 Å². The van der Waals surface area contributed by atoms with Crippen molar-refractivity contribution in [2.24, 2.45) is 5.41 Å². The molecule has 0 heterocycles. The van der Waals surface area contributed by atoms with Crippen molar-refractivity contribution >= 4 is 11.9 Å². The minimum absolute atomic E-state index is 0.0744. The van der Waals surface area contributed by atoms with E-state index in [9.17, 15) is 9.59 Å². The zero-order chi connectivity index (χ0) is 14.9. The third-order valence-electron chi connectivity index (χ3n) is 2.29. The number of nitrogens with one attached hydrogen (secondary N) is 1. The van der Waals surface area contributed by atoms with Crippen molar-refractivity contribution in [3.05, 3.63) is 11.6 Å². The van der Waals surface area contributed by atoms with Gasteiger partial charge in [-0.25, -0.2) is 4.79 Å².